The molecule has 1 amide bonds. The highest BCUT2D eigenvalue weighted by Crippen LogP contribution is 2.43. The van der Waals surface area contributed by atoms with Gasteiger partial charge in [0.15, 0.2) is 0 Å². The Bertz CT molecular complexity index is 405. The molecule has 0 bridgehead atoms. The van der Waals surface area contributed by atoms with Gasteiger partial charge >= 0.3 is 5.97 Å². The fourth-order valence-corrected chi connectivity index (χ4v) is 3.91. The molecule has 0 radical (unpaired) electrons. The van der Waals surface area contributed by atoms with Crippen molar-refractivity contribution in [1.29, 1.82) is 0 Å². The number of carbonyl (C=O) groups is 2. The van der Waals surface area contributed by atoms with Gasteiger partial charge < -0.3 is 10.4 Å². The highest BCUT2D eigenvalue weighted by Gasteiger charge is 2.46. The van der Waals surface area contributed by atoms with E-state index < -0.39 is 11.4 Å². The van der Waals surface area contributed by atoms with Crippen molar-refractivity contribution in [2.24, 2.45) is 16.7 Å². The first-order valence-corrected chi connectivity index (χ1v) is 7.81. The summed E-state index contributed by atoms with van der Waals surface area (Å²) in [5.74, 6) is -0.692. The van der Waals surface area contributed by atoms with Gasteiger partial charge in [-0.15, -0.1) is 0 Å². The molecule has 0 spiro atoms. The van der Waals surface area contributed by atoms with Crippen molar-refractivity contribution >= 4 is 11.9 Å². The maximum atomic E-state index is 12.5. The fourth-order valence-electron chi connectivity index (χ4n) is 3.91. The van der Waals surface area contributed by atoms with Crippen molar-refractivity contribution < 1.29 is 14.7 Å². The number of carbonyl (C=O) groups excluding carboxylic acids is 1. The van der Waals surface area contributed by atoms with Crippen LogP contribution in [0.15, 0.2) is 0 Å². The minimum Gasteiger partial charge on any atom is -0.481 e. The third-order valence-corrected chi connectivity index (χ3v) is 5.59. The Labute approximate surface area is 121 Å². The largest absolute Gasteiger partial charge is 0.481 e. The maximum Gasteiger partial charge on any atom is 0.311 e. The fraction of sp³-hybridized carbons (Fsp3) is 0.875. The van der Waals surface area contributed by atoms with E-state index in [1.54, 1.807) is 6.92 Å². The molecule has 114 valence electrons. The Morgan fingerprint density at radius 1 is 1.05 bits per heavy atom. The molecule has 2 N–H and O–H groups in total. The van der Waals surface area contributed by atoms with Crippen LogP contribution in [0.3, 0.4) is 0 Å². The molecule has 2 aliphatic carbocycles. The van der Waals surface area contributed by atoms with Crippen LogP contribution in [0.4, 0.5) is 0 Å². The first-order chi connectivity index (χ1) is 9.27. The van der Waals surface area contributed by atoms with Crippen LogP contribution in [-0.4, -0.2) is 23.0 Å². The zero-order valence-electron chi connectivity index (χ0n) is 12.9. The molecule has 0 aromatic heterocycles. The van der Waals surface area contributed by atoms with Gasteiger partial charge in [-0.05, 0) is 38.0 Å². The number of carboxylic acids is 1. The van der Waals surface area contributed by atoms with Crippen LogP contribution in [0, 0.1) is 16.7 Å². The average molecular weight is 281 g/mol. The number of hydrogen-bond acceptors (Lipinski definition) is 2. The molecule has 0 aromatic carbocycles. The molecule has 3 unspecified atom stereocenters. The summed E-state index contributed by atoms with van der Waals surface area (Å²) >= 11 is 0. The molecule has 0 aliphatic heterocycles. The van der Waals surface area contributed by atoms with E-state index in [-0.39, 0.29) is 23.3 Å². The summed E-state index contributed by atoms with van der Waals surface area (Å²) in [6.45, 7) is 6.06. The Morgan fingerprint density at radius 2 is 1.75 bits per heavy atom. The molecule has 3 atom stereocenters. The summed E-state index contributed by atoms with van der Waals surface area (Å²) in [7, 11) is 0. The molecule has 20 heavy (non-hydrogen) atoms. The van der Waals surface area contributed by atoms with E-state index >= 15 is 0 Å². The van der Waals surface area contributed by atoms with Gasteiger partial charge in [0.1, 0.15) is 0 Å². The smallest absolute Gasteiger partial charge is 0.311 e. The predicted octanol–water partition coefficient (Wildman–Crippen LogP) is 2.96. The first kappa shape index (κ1) is 15.3. The van der Waals surface area contributed by atoms with Gasteiger partial charge in [0.05, 0.1) is 5.41 Å². The number of hydrogen-bond donors (Lipinski definition) is 2. The third-order valence-electron chi connectivity index (χ3n) is 5.59. The Morgan fingerprint density at radius 3 is 2.30 bits per heavy atom. The minimum absolute atomic E-state index is 0.0301. The standard InChI is InChI=1S/C16H27NO3/c1-15(2)9-6-7-11(15)13(18)17-12-8-4-5-10-16(12,3)14(19)20/h11-12H,4-10H2,1-3H3,(H,17,18)(H,19,20). The van der Waals surface area contributed by atoms with E-state index in [0.29, 0.717) is 6.42 Å². The minimum atomic E-state index is -0.809. The second-order valence-electron chi connectivity index (χ2n) is 7.46. The SMILES string of the molecule is CC1(C)CCCC1C(=O)NC1CCCCC1(C)C(=O)O. The molecule has 4 heteroatoms. The summed E-state index contributed by atoms with van der Waals surface area (Å²) in [5, 5.41) is 12.6. The van der Waals surface area contributed by atoms with Crippen LogP contribution in [-0.2, 0) is 9.59 Å². The van der Waals surface area contributed by atoms with Gasteiger partial charge in [0.2, 0.25) is 5.91 Å². The van der Waals surface area contributed by atoms with Crippen molar-refractivity contribution in [1.82, 2.24) is 5.32 Å². The van der Waals surface area contributed by atoms with Crippen molar-refractivity contribution in [3.05, 3.63) is 0 Å². The summed E-state index contributed by atoms with van der Waals surface area (Å²) in [4.78, 5) is 24.1. The molecular formula is C16H27NO3. The van der Waals surface area contributed by atoms with Crippen LogP contribution in [0.25, 0.3) is 0 Å². The molecule has 2 fully saturated rings. The van der Waals surface area contributed by atoms with Crippen LogP contribution in [0.5, 0.6) is 0 Å². The number of nitrogens with one attached hydrogen (secondary N) is 1. The predicted molar refractivity (Wildman–Crippen MR) is 77.3 cm³/mol. The lowest BCUT2D eigenvalue weighted by atomic mass is 9.71. The summed E-state index contributed by atoms with van der Waals surface area (Å²) in [6.07, 6.45) is 6.46. The highest BCUT2D eigenvalue weighted by molar-refractivity contribution is 5.82. The van der Waals surface area contributed by atoms with Crippen molar-refractivity contribution in [2.75, 3.05) is 0 Å². The maximum absolute atomic E-state index is 12.5. The van der Waals surface area contributed by atoms with Crippen LogP contribution in [0.1, 0.15) is 65.7 Å². The van der Waals surface area contributed by atoms with Gasteiger partial charge in [-0.3, -0.25) is 9.59 Å². The Balaban J connectivity index is 2.08. The van der Waals surface area contributed by atoms with Crippen molar-refractivity contribution in [3.8, 4) is 0 Å². The van der Waals surface area contributed by atoms with E-state index in [2.05, 4.69) is 19.2 Å². The van der Waals surface area contributed by atoms with Crippen LogP contribution in [0.2, 0.25) is 0 Å². The number of amides is 1. The lowest BCUT2D eigenvalue weighted by Gasteiger charge is -2.39. The molecule has 2 saturated carbocycles. The summed E-state index contributed by atoms with van der Waals surface area (Å²) in [5.41, 5.74) is -0.769. The lowest BCUT2D eigenvalue weighted by Crippen LogP contribution is -2.54. The van der Waals surface area contributed by atoms with E-state index in [9.17, 15) is 14.7 Å². The molecule has 2 rings (SSSR count). The molecule has 0 heterocycles. The van der Waals surface area contributed by atoms with Crippen LogP contribution < -0.4 is 5.32 Å². The second-order valence-corrected chi connectivity index (χ2v) is 7.46. The van der Waals surface area contributed by atoms with E-state index in [4.69, 9.17) is 0 Å². The second kappa shape index (κ2) is 5.38. The lowest BCUT2D eigenvalue weighted by molar-refractivity contribution is -0.152. The first-order valence-electron chi connectivity index (χ1n) is 7.81. The van der Waals surface area contributed by atoms with Crippen molar-refractivity contribution in [3.63, 3.8) is 0 Å². The van der Waals surface area contributed by atoms with Gasteiger partial charge in [-0.25, -0.2) is 0 Å². The monoisotopic (exact) mass is 281 g/mol. The zero-order chi connectivity index (χ0) is 15.0. The molecule has 0 saturated heterocycles. The Hall–Kier alpha value is -1.06. The van der Waals surface area contributed by atoms with E-state index in [0.717, 1.165) is 38.5 Å². The molecule has 4 nitrogen and oxygen atoms in total. The van der Waals surface area contributed by atoms with Gasteiger partial charge in [0, 0.05) is 12.0 Å². The number of carboxylic acid groups (broad SMARTS) is 1. The number of aliphatic carboxylic acids is 1. The summed E-state index contributed by atoms with van der Waals surface area (Å²) in [6, 6.07) is -0.224. The quantitative estimate of drug-likeness (QED) is 0.835. The highest BCUT2D eigenvalue weighted by atomic mass is 16.4. The molecular weight excluding hydrogens is 254 g/mol. The molecule has 0 aromatic rings. The summed E-state index contributed by atoms with van der Waals surface area (Å²) < 4.78 is 0. The third kappa shape index (κ3) is 2.70. The zero-order valence-corrected chi connectivity index (χ0v) is 12.9. The Kier molecular flexibility index (Phi) is 4.12. The van der Waals surface area contributed by atoms with Gasteiger partial charge in [0.25, 0.3) is 0 Å². The number of rotatable bonds is 3. The van der Waals surface area contributed by atoms with E-state index in [1.165, 1.54) is 0 Å². The van der Waals surface area contributed by atoms with Crippen molar-refractivity contribution in [2.45, 2.75) is 71.8 Å². The van der Waals surface area contributed by atoms with E-state index in [1.807, 2.05) is 0 Å². The van der Waals surface area contributed by atoms with Crippen LogP contribution >= 0.6 is 0 Å². The topological polar surface area (TPSA) is 66.4 Å². The van der Waals surface area contributed by atoms with Gasteiger partial charge in [-0.2, -0.15) is 0 Å². The van der Waals surface area contributed by atoms with Gasteiger partial charge in [-0.1, -0.05) is 33.1 Å². The normalized spacial score (nSPS) is 36.5. The average Bonchev–Trinajstić information content (AvgIpc) is 2.71. The molecule has 2 aliphatic rings.